The van der Waals surface area contributed by atoms with Crippen molar-refractivity contribution in [1.82, 2.24) is 0 Å². The molecule has 0 fully saturated rings. The quantitative estimate of drug-likeness (QED) is 0.777. The number of rotatable bonds is 1. The molecule has 1 aromatic carbocycles. The smallest absolute Gasteiger partial charge is 0.0188 e. The number of hydrogen-bond donors (Lipinski definition) is 1. The fraction of sp³-hybridized carbons (Fsp3) is 0.143. The zero-order valence-corrected chi connectivity index (χ0v) is 8.35. The first-order valence-corrected chi connectivity index (χ1v) is 3.86. The highest BCUT2D eigenvalue weighted by Crippen LogP contribution is 2.09. The molecule has 0 spiro atoms. The number of halogens is 2. The largest absolute Gasteiger partial charge is 0.326 e. The third-order valence-corrected chi connectivity index (χ3v) is 2.23. The minimum atomic E-state index is 0. The van der Waals surface area contributed by atoms with Crippen LogP contribution in [-0.4, -0.2) is 0 Å². The van der Waals surface area contributed by atoms with E-state index >= 15 is 0 Å². The molecule has 0 aromatic heterocycles. The molecule has 0 unspecified atom stereocenters. The summed E-state index contributed by atoms with van der Waals surface area (Å²) in [6, 6.07) is 8.12. The first kappa shape index (κ1) is 10.2. The Hall–Kier alpha value is 0.200. The highest BCUT2D eigenvalue weighted by molar-refractivity contribution is 14.1. The molecule has 0 radical (unpaired) electrons. The maximum absolute atomic E-state index is 5.45. The second-order valence-electron chi connectivity index (χ2n) is 1.80. The van der Waals surface area contributed by atoms with Gasteiger partial charge in [-0.1, -0.05) is 18.2 Å². The van der Waals surface area contributed by atoms with Crippen LogP contribution in [0.2, 0.25) is 0 Å². The van der Waals surface area contributed by atoms with Gasteiger partial charge in [-0.3, -0.25) is 0 Å². The van der Waals surface area contributed by atoms with E-state index in [9.17, 15) is 0 Å². The first-order valence-electron chi connectivity index (χ1n) is 2.78. The van der Waals surface area contributed by atoms with Crippen molar-refractivity contribution in [2.75, 3.05) is 0 Å². The van der Waals surface area contributed by atoms with Crippen LogP contribution in [0, 0.1) is 3.57 Å². The predicted octanol–water partition coefficient (Wildman–Crippen LogP) is 2.17. The minimum absolute atomic E-state index is 0. The van der Waals surface area contributed by atoms with E-state index in [4.69, 9.17) is 5.73 Å². The molecule has 0 bridgehead atoms. The zero-order valence-electron chi connectivity index (χ0n) is 5.38. The Morgan fingerprint density at radius 2 is 1.90 bits per heavy atom. The summed E-state index contributed by atoms with van der Waals surface area (Å²) in [4.78, 5) is 0. The van der Waals surface area contributed by atoms with E-state index in [0.29, 0.717) is 6.54 Å². The molecular formula is C7H9ClIN. The van der Waals surface area contributed by atoms with Gasteiger partial charge >= 0.3 is 0 Å². The van der Waals surface area contributed by atoms with E-state index < -0.39 is 0 Å². The van der Waals surface area contributed by atoms with Crippen LogP contribution in [0.4, 0.5) is 0 Å². The summed E-state index contributed by atoms with van der Waals surface area (Å²) in [5, 5.41) is 0. The van der Waals surface area contributed by atoms with Gasteiger partial charge in [0.2, 0.25) is 0 Å². The summed E-state index contributed by atoms with van der Waals surface area (Å²) in [6.07, 6.45) is 0. The molecule has 56 valence electrons. The molecule has 0 atom stereocenters. The maximum Gasteiger partial charge on any atom is 0.0188 e. The van der Waals surface area contributed by atoms with Gasteiger partial charge in [0, 0.05) is 10.1 Å². The Morgan fingerprint density at radius 3 is 2.30 bits per heavy atom. The third-order valence-electron chi connectivity index (χ3n) is 1.18. The molecule has 2 N–H and O–H groups in total. The lowest BCUT2D eigenvalue weighted by Crippen LogP contribution is -1.97. The standard InChI is InChI=1S/C7H8IN.ClH/c8-7-4-2-1-3-6(7)5-9;/h1-4H,5,9H2;1H. The van der Waals surface area contributed by atoms with Gasteiger partial charge in [0.15, 0.2) is 0 Å². The van der Waals surface area contributed by atoms with Crippen LogP contribution in [0.1, 0.15) is 5.56 Å². The van der Waals surface area contributed by atoms with E-state index in [1.165, 1.54) is 9.13 Å². The summed E-state index contributed by atoms with van der Waals surface area (Å²) < 4.78 is 1.25. The molecule has 0 heterocycles. The Bertz CT molecular complexity index is 203. The van der Waals surface area contributed by atoms with Crippen LogP contribution in [0.5, 0.6) is 0 Å². The molecule has 1 rings (SSSR count). The second-order valence-corrected chi connectivity index (χ2v) is 2.96. The summed E-state index contributed by atoms with van der Waals surface area (Å²) in [5.41, 5.74) is 6.67. The van der Waals surface area contributed by atoms with Crippen molar-refractivity contribution in [3.8, 4) is 0 Å². The van der Waals surface area contributed by atoms with E-state index in [1.807, 2.05) is 18.2 Å². The van der Waals surface area contributed by atoms with E-state index in [2.05, 4.69) is 28.7 Å². The van der Waals surface area contributed by atoms with Gasteiger partial charge in [0.25, 0.3) is 0 Å². The molecule has 10 heavy (non-hydrogen) atoms. The van der Waals surface area contributed by atoms with Crippen LogP contribution >= 0.6 is 35.0 Å². The van der Waals surface area contributed by atoms with Gasteiger partial charge in [-0.25, -0.2) is 0 Å². The SMILES string of the molecule is Cl.NCc1ccccc1I. The van der Waals surface area contributed by atoms with Gasteiger partial charge in [0.05, 0.1) is 0 Å². The summed E-state index contributed by atoms with van der Waals surface area (Å²) >= 11 is 2.28. The average Bonchev–Trinajstić information content (AvgIpc) is 1.89. The highest BCUT2D eigenvalue weighted by Gasteiger charge is 1.91. The molecule has 3 heteroatoms. The Morgan fingerprint density at radius 1 is 1.30 bits per heavy atom. The van der Waals surface area contributed by atoms with Gasteiger partial charge in [-0.15, -0.1) is 12.4 Å². The van der Waals surface area contributed by atoms with Crippen molar-refractivity contribution < 1.29 is 0 Å². The monoisotopic (exact) mass is 269 g/mol. The Kier molecular flexibility index (Phi) is 5.03. The molecule has 0 aliphatic carbocycles. The van der Waals surface area contributed by atoms with Crippen molar-refractivity contribution in [2.45, 2.75) is 6.54 Å². The molecule has 1 aromatic rings. The fourth-order valence-corrected chi connectivity index (χ4v) is 1.27. The van der Waals surface area contributed by atoms with E-state index in [-0.39, 0.29) is 12.4 Å². The number of hydrogen-bond acceptors (Lipinski definition) is 1. The van der Waals surface area contributed by atoms with Crippen molar-refractivity contribution in [1.29, 1.82) is 0 Å². The molecule has 0 saturated heterocycles. The number of benzene rings is 1. The molecule has 0 aliphatic rings. The zero-order chi connectivity index (χ0) is 6.69. The van der Waals surface area contributed by atoms with Gasteiger partial charge < -0.3 is 5.73 Å². The third kappa shape index (κ3) is 2.44. The van der Waals surface area contributed by atoms with Crippen molar-refractivity contribution in [3.05, 3.63) is 33.4 Å². The first-order chi connectivity index (χ1) is 4.34. The number of nitrogens with two attached hydrogens (primary N) is 1. The van der Waals surface area contributed by atoms with Crippen molar-refractivity contribution in [2.24, 2.45) is 5.73 Å². The Labute approximate surface area is 80.6 Å². The van der Waals surface area contributed by atoms with Crippen LogP contribution < -0.4 is 5.73 Å². The molecular weight excluding hydrogens is 260 g/mol. The van der Waals surface area contributed by atoms with Crippen LogP contribution in [0.25, 0.3) is 0 Å². The lowest BCUT2D eigenvalue weighted by Gasteiger charge is -1.96. The van der Waals surface area contributed by atoms with Crippen LogP contribution in [0.3, 0.4) is 0 Å². The summed E-state index contributed by atoms with van der Waals surface area (Å²) in [5.74, 6) is 0. The molecule has 0 amide bonds. The van der Waals surface area contributed by atoms with Crippen LogP contribution in [-0.2, 0) is 6.54 Å². The van der Waals surface area contributed by atoms with Crippen molar-refractivity contribution in [3.63, 3.8) is 0 Å². The normalized spacial score (nSPS) is 8.60. The van der Waals surface area contributed by atoms with Gasteiger partial charge in [0.1, 0.15) is 0 Å². The highest BCUT2D eigenvalue weighted by atomic mass is 127. The van der Waals surface area contributed by atoms with Crippen LogP contribution in [0.15, 0.2) is 24.3 Å². The lowest BCUT2D eigenvalue weighted by atomic mass is 10.2. The predicted molar refractivity (Wildman–Crippen MR) is 54.3 cm³/mol. The second kappa shape index (κ2) is 4.93. The van der Waals surface area contributed by atoms with E-state index in [1.54, 1.807) is 0 Å². The van der Waals surface area contributed by atoms with Gasteiger partial charge in [-0.2, -0.15) is 0 Å². The topological polar surface area (TPSA) is 26.0 Å². The summed E-state index contributed by atoms with van der Waals surface area (Å²) in [7, 11) is 0. The van der Waals surface area contributed by atoms with Gasteiger partial charge in [-0.05, 0) is 34.2 Å². The van der Waals surface area contributed by atoms with E-state index in [0.717, 1.165) is 0 Å². The molecule has 1 nitrogen and oxygen atoms in total. The van der Waals surface area contributed by atoms with Crippen molar-refractivity contribution >= 4 is 35.0 Å². The summed E-state index contributed by atoms with van der Waals surface area (Å²) in [6.45, 7) is 0.638. The average molecular weight is 270 g/mol. The maximum atomic E-state index is 5.45. The lowest BCUT2D eigenvalue weighted by molar-refractivity contribution is 1.06. The Balaban J connectivity index is 0.000000810. The minimum Gasteiger partial charge on any atom is -0.326 e. The molecule has 0 aliphatic heterocycles. The fourth-order valence-electron chi connectivity index (χ4n) is 0.664. The molecule has 0 saturated carbocycles.